The molecular weight excluding hydrogens is 332 g/mol. The number of amides is 1. The van der Waals surface area contributed by atoms with Gasteiger partial charge in [-0.2, -0.15) is 0 Å². The fraction of sp³-hybridized carbons (Fsp3) is 0.350. The summed E-state index contributed by atoms with van der Waals surface area (Å²) in [6.45, 7) is 7.01. The zero-order chi connectivity index (χ0) is 19.4. The van der Waals surface area contributed by atoms with Crippen LogP contribution in [0.25, 0.3) is 0 Å². The van der Waals surface area contributed by atoms with Crippen LogP contribution in [0.15, 0.2) is 36.5 Å². The van der Waals surface area contributed by atoms with Crippen LogP contribution in [0.2, 0.25) is 0 Å². The van der Waals surface area contributed by atoms with Gasteiger partial charge in [-0.05, 0) is 37.5 Å². The molecule has 0 radical (unpaired) electrons. The first kappa shape index (κ1) is 19.4. The normalized spacial score (nSPS) is 11.9. The van der Waals surface area contributed by atoms with Gasteiger partial charge < -0.3 is 14.6 Å². The molecule has 6 nitrogen and oxygen atoms in total. The minimum absolute atomic E-state index is 0.143. The van der Waals surface area contributed by atoms with Crippen LogP contribution in [0.3, 0.4) is 0 Å². The molecular formula is C20H24N2O4. The Morgan fingerprint density at radius 1 is 1.12 bits per heavy atom. The average Bonchev–Trinajstić information content (AvgIpc) is 2.97. The molecule has 0 bridgehead atoms. The molecule has 1 aromatic heterocycles. The summed E-state index contributed by atoms with van der Waals surface area (Å²) in [5.74, 6) is -0.958. The van der Waals surface area contributed by atoms with Gasteiger partial charge in [-0.1, -0.05) is 32.0 Å². The molecule has 0 aliphatic rings. The maximum absolute atomic E-state index is 12.4. The summed E-state index contributed by atoms with van der Waals surface area (Å²) in [5, 5.41) is 2.81. The maximum atomic E-state index is 12.4. The van der Waals surface area contributed by atoms with E-state index in [-0.39, 0.29) is 17.4 Å². The molecule has 2 rings (SSSR count). The number of nitrogens with zero attached hydrogens (tertiary/aromatic N) is 1. The number of carbonyl (C=O) groups excluding carboxylic acids is 3. The van der Waals surface area contributed by atoms with Crippen LogP contribution >= 0.6 is 0 Å². The molecule has 0 spiro atoms. The highest BCUT2D eigenvalue weighted by Gasteiger charge is 2.22. The standard InChI is InChI=1S/C20H24N2O4/c1-12(2)16-8-6-7-9-17(16)21-19(24)14(4)26-20(25)18-10-15(13(3)23)11-22(18)5/h6-12,14H,1-5H3,(H,21,24)/t14-/m0/s1. The zero-order valence-corrected chi connectivity index (χ0v) is 15.7. The maximum Gasteiger partial charge on any atom is 0.355 e. The third kappa shape index (κ3) is 4.39. The summed E-state index contributed by atoms with van der Waals surface area (Å²) >= 11 is 0. The highest BCUT2D eigenvalue weighted by molar-refractivity contribution is 5.99. The first-order chi connectivity index (χ1) is 12.2. The lowest BCUT2D eigenvalue weighted by atomic mass is 10.0. The Morgan fingerprint density at radius 3 is 2.35 bits per heavy atom. The molecule has 0 fully saturated rings. The van der Waals surface area contributed by atoms with Crippen LogP contribution in [-0.4, -0.2) is 28.3 Å². The van der Waals surface area contributed by atoms with Crippen molar-refractivity contribution < 1.29 is 19.1 Å². The first-order valence-corrected chi connectivity index (χ1v) is 8.48. The van der Waals surface area contributed by atoms with Gasteiger partial charge in [0.2, 0.25) is 0 Å². The van der Waals surface area contributed by atoms with Gasteiger partial charge in [0.15, 0.2) is 11.9 Å². The SMILES string of the molecule is CC(=O)c1cc(C(=O)O[C@@H](C)C(=O)Nc2ccccc2C(C)C)n(C)c1. The molecule has 6 heteroatoms. The number of ketones is 1. The third-order valence-electron chi connectivity index (χ3n) is 4.11. The van der Waals surface area contributed by atoms with Crippen molar-refractivity contribution in [2.75, 3.05) is 5.32 Å². The van der Waals surface area contributed by atoms with Crippen LogP contribution in [-0.2, 0) is 16.6 Å². The topological polar surface area (TPSA) is 77.4 Å². The van der Waals surface area contributed by atoms with E-state index in [2.05, 4.69) is 5.32 Å². The largest absolute Gasteiger partial charge is 0.448 e. The Balaban J connectivity index is 2.08. The number of esters is 1. The summed E-state index contributed by atoms with van der Waals surface area (Å²) in [5.41, 5.74) is 2.35. The number of aryl methyl sites for hydroxylation is 1. The smallest absolute Gasteiger partial charge is 0.355 e. The van der Waals surface area contributed by atoms with E-state index in [1.165, 1.54) is 24.5 Å². The van der Waals surface area contributed by atoms with E-state index in [1.54, 1.807) is 13.2 Å². The number of nitrogens with one attached hydrogen (secondary N) is 1. The van der Waals surface area contributed by atoms with E-state index < -0.39 is 18.0 Å². The fourth-order valence-electron chi connectivity index (χ4n) is 2.58. The highest BCUT2D eigenvalue weighted by Crippen LogP contribution is 2.24. The Labute approximate surface area is 153 Å². The minimum Gasteiger partial charge on any atom is -0.448 e. The Kier molecular flexibility index (Phi) is 5.97. The molecule has 0 unspecified atom stereocenters. The summed E-state index contributed by atoms with van der Waals surface area (Å²) in [7, 11) is 1.65. The fourth-order valence-corrected chi connectivity index (χ4v) is 2.58. The van der Waals surface area contributed by atoms with Crippen molar-refractivity contribution in [2.45, 2.75) is 39.7 Å². The molecule has 138 valence electrons. The van der Waals surface area contributed by atoms with Crippen LogP contribution < -0.4 is 5.32 Å². The van der Waals surface area contributed by atoms with Crippen molar-refractivity contribution in [3.8, 4) is 0 Å². The van der Waals surface area contributed by atoms with Crippen LogP contribution in [0, 0.1) is 0 Å². The first-order valence-electron chi connectivity index (χ1n) is 8.48. The van der Waals surface area contributed by atoms with Crippen LogP contribution in [0.1, 0.15) is 60.0 Å². The number of aromatic nitrogens is 1. The lowest BCUT2D eigenvalue weighted by Gasteiger charge is -2.17. The number of ether oxygens (including phenoxy) is 1. The van der Waals surface area contributed by atoms with E-state index in [9.17, 15) is 14.4 Å². The monoisotopic (exact) mass is 356 g/mol. The predicted molar refractivity (Wildman–Crippen MR) is 99.5 cm³/mol. The van der Waals surface area contributed by atoms with Crippen molar-refractivity contribution in [3.05, 3.63) is 53.3 Å². The number of Topliss-reactive ketones (excluding diaryl/α,β-unsaturated/α-hetero) is 1. The Bertz CT molecular complexity index is 836. The van der Waals surface area contributed by atoms with Crippen molar-refractivity contribution >= 4 is 23.3 Å². The van der Waals surface area contributed by atoms with E-state index in [4.69, 9.17) is 4.74 Å². The molecule has 26 heavy (non-hydrogen) atoms. The lowest BCUT2D eigenvalue weighted by molar-refractivity contribution is -0.123. The van der Waals surface area contributed by atoms with Gasteiger partial charge in [0.25, 0.3) is 5.91 Å². The van der Waals surface area contributed by atoms with Gasteiger partial charge in [0.1, 0.15) is 5.69 Å². The second-order valence-corrected chi connectivity index (χ2v) is 6.56. The minimum atomic E-state index is -0.974. The Morgan fingerprint density at radius 2 is 1.77 bits per heavy atom. The van der Waals surface area contributed by atoms with Gasteiger partial charge >= 0.3 is 5.97 Å². The summed E-state index contributed by atoms with van der Waals surface area (Å²) in [4.78, 5) is 36.1. The molecule has 0 aliphatic carbocycles. The summed E-state index contributed by atoms with van der Waals surface area (Å²) in [6.07, 6.45) is 0.584. The number of para-hydroxylation sites is 1. The molecule has 1 aromatic carbocycles. The molecule has 1 amide bonds. The van der Waals surface area contributed by atoms with Crippen molar-refractivity contribution in [1.29, 1.82) is 0 Å². The number of rotatable bonds is 6. The highest BCUT2D eigenvalue weighted by atomic mass is 16.5. The number of anilines is 1. The Hall–Kier alpha value is -2.89. The quantitative estimate of drug-likeness (QED) is 0.634. The molecule has 0 aliphatic heterocycles. The van der Waals surface area contributed by atoms with Gasteiger partial charge in [-0.3, -0.25) is 9.59 Å². The predicted octanol–water partition coefficient (Wildman–Crippen LogP) is 3.54. The number of hydrogen-bond acceptors (Lipinski definition) is 4. The van der Waals surface area contributed by atoms with E-state index in [0.717, 1.165) is 5.56 Å². The van der Waals surface area contributed by atoms with Crippen molar-refractivity contribution in [1.82, 2.24) is 4.57 Å². The molecule has 1 N–H and O–H groups in total. The summed E-state index contributed by atoms with van der Waals surface area (Å²) < 4.78 is 6.77. The second-order valence-electron chi connectivity index (χ2n) is 6.56. The van der Waals surface area contributed by atoms with Gasteiger partial charge in [0.05, 0.1) is 0 Å². The summed E-state index contributed by atoms with van der Waals surface area (Å²) in [6, 6.07) is 8.98. The van der Waals surface area contributed by atoms with Gasteiger partial charge in [0, 0.05) is 24.5 Å². The molecule has 0 saturated carbocycles. The second kappa shape index (κ2) is 7.99. The average molecular weight is 356 g/mol. The van der Waals surface area contributed by atoms with Gasteiger partial charge in [-0.15, -0.1) is 0 Å². The van der Waals surface area contributed by atoms with E-state index in [1.807, 2.05) is 38.1 Å². The van der Waals surface area contributed by atoms with Crippen LogP contribution in [0.4, 0.5) is 5.69 Å². The van der Waals surface area contributed by atoms with E-state index >= 15 is 0 Å². The van der Waals surface area contributed by atoms with E-state index in [0.29, 0.717) is 11.3 Å². The molecule has 0 saturated heterocycles. The number of carbonyl (C=O) groups is 3. The van der Waals surface area contributed by atoms with Crippen molar-refractivity contribution in [2.24, 2.45) is 7.05 Å². The zero-order valence-electron chi connectivity index (χ0n) is 15.7. The number of benzene rings is 1. The molecule has 1 atom stereocenters. The lowest BCUT2D eigenvalue weighted by Crippen LogP contribution is -2.30. The van der Waals surface area contributed by atoms with Crippen LogP contribution in [0.5, 0.6) is 0 Å². The molecule has 2 aromatic rings. The number of hydrogen-bond donors (Lipinski definition) is 1. The third-order valence-corrected chi connectivity index (χ3v) is 4.11. The van der Waals surface area contributed by atoms with Gasteiger partial charge in [-0.25, -0.2) is 4.79 Å². The van der Waals surface area contributed by atoms with Crippen molar-refractivity contribution in [3.63, 3.8) is 0 Å². The molecule has 1 heterocycles.